The molecular weight excluding hydrogens is 206 g/mol. The normalized spacial score (nSPS) is 26.6. The van der Waals surface area contributed by atoms with E-state index >= 15 is 0 Å². The second-order valence-electron chi connectivity index (χ2n) is 6.39. The van der Waals surface area contributed by atoms with Gasteiger partial charge in [0.2, 0.25) is 0 Å². The maximum absolute atomic E-state index is 3.68. The van der Waals surface area contributed by atoms with E-state index in [1.165, 1.54) is 77.2 Å². The first-order chi connectivity index (χ1) is 8.37. The van der Waals surface area contributed by atoms with E-state index in [9.17, 15) is 0 Å². The van der Waals surface area contributed by atoms with Crippen molar-refractivity contribution in [1.82, 2.24) is 5.32 Å². The SMILES string of the molecule is CCNCC1(C2CCCCCC2)CCCCC1. The van der Waals surface area contributed by atoms with Gasteiger partial charge in [0.05, 0.1) is 0 Å². The lowest BCUT2D eigenvalue weighted by Crippen LogP contribution is -2.42. The van der Waals surface area contributed by atoms with E-state index in [0.29, 0.717) is 5.41 Å². The van der Waals surface area contributed by atoms with Crippen LogP contribution in [0.5, 0.6) is 0 Å². The monoisotopic (exact) mass is 237 g/mol. The third-order valence-electron chi connectivity index (χ3n) is 5.30. The molecule has 0 atom stereocenters. The molecule has 0 aromatic rings. The minimum absolute atomic E-state index is 0.679. The molecule has 2 saturated carbocycles. The standard InChI is InChI=1S/C16H31N/c1-2-17-14-16(12-8-5-9-13-16)15-10-6-3-4-7-11-15/h15,17H,2-14H2,1H3. The van der Waals surface area contributed by atoms with Gasteiger partial charge in [0.15, 0.2) is 0 Å². The van der Waals surface area contributed by atoms with Gasteiger partial charge in [-0.1, -0.05) is 51.9 Å². The Morgan fingerprint density at radius 3 is 2.06 bits per heavy atom. The molecule has 2 aliphatic carbocycles. The fraction of sp³-hybridized carbons (Fsp3) is 1.00. The molecule has 0 spiro atoms. The fourth-order valence-corrected chi connectivity index (χ4v) is 4.25. The van der Waals surface area contributed by atoms with Gasteiger partial charge in [0.1, 0.15) is 0 Å². The predicted octanol–water partition coefficient (Wildman–Crippen LogP) is 4.52. The quantitative estimate of drug-likeness (QED) is 0.709. The van der Waals surface area contributed by atoms with Crippen LogP contribution in [0.3, 0.4) is 0 Å². The molecule has 17 heavy (non-hydrogen) atoms. The van der Waals surface area contributed by atoms with E-state index in [2.05, 4.69) is 12.2 Å². The van der Waals surface area contributed by atoms with E-state index in [1.807, 2.05) is 0 Å². The molecule has 2 rings (SSSR count). The fourth-order valence-electron chi connectivity index (χ4n) is 4.25. The van der Waals surface area contributed by atoms with E-state index in [-0.39, 0.29) is 0 Å². The summed E-state index contributed by atoms with van der Waals surface area (Å²) >= 11 is 0. The number of nitrogens with one attached hydrogen (secondary N) is 1. The summed E-state index contributed by atoms with van der Waals surface area (Å²) in [6.07, 6.45) is 16.5. The Hall–Kier alpha value is -0.0400. The molecule has 1 N–H and O–H groups in total. The average molecular weight is 237 g/mol. The van der Waals surface area contributed by atoms with Crippen molar-refractivity contribution in [3.63, 3.8) is 0 Å². The number of rotatable bonds is 4. The summed E-state index contributed by atoms with van der Waals surface area (Å²) in [5.74, 6) is 1.03. The van der Waals surface area contributed by atoms with Gasteiger partial charge in [-0.05, 0) is 43.6 Å². The summed E-state index contributed by atoms with van der Waals surface area (Å²) in [5, 5.41) is 3.68. The zero-order valence-electron chi connectivity index (χ0n) is 11.8. The molecule has 0 aliphatic heterocycles. The van der Waals surface area contributed by atoms with Crippen LogP contribution in [-0.2, 0) is 0 Å². The highest BCUT2D eigenvalue weighted by Crippen LogP contribution is 2.47. The summed E-state index contributed by atoms with van der Waals surface area (Å²) in [7, 11) is 0. The van der Waals surface area contributed by atoms with Crippen LogP contribution in [0.25, 0.3) is 0 Å². The molecule has 0 saturated heterocycles. The Labute approximate surface area is 108 Å². The highest BCUT2D eigenvalue weighted by Gasteiger charge is 2.38. The smallest absolute Gasteiger partial charge is 0.00103 e. The molecule has 2 aliphatic rings. The zero-order chi connectivity index (χ0) is 12.0. The van der Waals surface area contributed by atoms with Crippen molar-refractivity contribution < 1.29 is 0 Å². The number of hydrogen-bond acceptors (Lipinski definition) is 1. The topological polar surface area (TPSA) is 12.0 Å². The number of hydrogen-bond donors (Lipinski definition) is 1. The third kappa shape index (κ3) is 3.47. The molecule has 0 unspecified atom stereocenters. The molecular formula is C16H31N. The van der Waals surface area contributed by atoms with Crippen LogP contribution >= 0.6 is 0 Å². The third-order valence-corrected chi connectivity index (χ3v) is 5.30. The van der Waals surface area contributed by atoms with Crippen LogP contribution in [0.1, 0.15) is 77.6 Å². The summed E-state index contributed by atoms with van der Waals surface area (Å²) < 4.78 is 0. The van der Waals surface area contributed by atoms with Crippen LogP contribution in [-0.4, -0.2) is 13.1 Å². The van der Waals surface area contributed by atoms with Crippen molar-refractivity contribution in [2.45, 2.75) is 77.6 Å². The second-order valence-corrected chi connectivity index (χ2v) is 6.39. The lowest BCUT2D eigenvalue weighted by molar-refractivity contribution is 0.0827. The van der Waals surface area contributed by atoms with Crippen LogP contribution in [0.4, 0.5) is 0 Å². The van der Waals surface area contributed by atoms with Crippen molar-refractivity contribution in [3.8, 4) is 0 Å². The Morgan fingerprint density at radius 2 is 1.47 bits per heavy atom. The minimum Gasteiger partial charge on any atom is -0.316 e. The van der Waals surface area contributed by atoms with Crippen molar-refractivity contribution in [3.05, 3.63) is 0 Å². The van der Waals surface area contributed by atoms with Gasteiger partial charge in [-0.25, -0.2) is 0 Å². The minimum atomic E-state index is 0.679. The molecule has 0 aromatic heterocycles. The Morgan fingerprint density at radius 1 is 0.882 bits per heavy atom. The lowest BCUT2D eigenvalue weighted by atomic mass is 9.63. The van der Waals surface area contributed by atoms with Gasteiger partial charge in [-0.3, -0.25) is 0 Å². The van der Waals surface area contributed by atoms with Gasteiger partial charge in [0, 0.05) is 6.54 Å². The van der Waals surface area contributed by atoms with E-state index < -0.39 is 0 Å². The van der Waals surface area contributed by atoms with Crippen LogP contribution in [0, 0.1) is 11.3 Å². The van der Waals surface area contributed by atoms with Crippen LogP contribution < -0.4 is 5.32 Å². The van der Waals surface area contributed by atoms with Crippen molar-refractivity contribution in [1.29, 1.82) is 0 Å². The van der Waals surface area contributed by atoms with E-state index in [1.54, 1.807) is 0 Å². The first-order valence-electron chi connectivity index (χ1n) is 8.08. The zero-order valence-corrected chi connectivity index (χ0v) is 11.8. The Balaban J connectivity index is 2.01. The molecule has 0 heterocycles. The molecule has 100 valence electrons. The van der Waals surface area contributed by atoms with Crippen molar-refractivity contribution in [2.24, 2.45) is 11.3 Å². The molecule has 2 fully saturated rings. The van der Waals surface area contributed by atoms with E-state index in [0.717, 1.165) is 12.5 Å². The largest absolute Gasteiger partial charge is 0.316 e. The summed E-state index contributed by atoms with van der Waals surface area (Å²) in [5.41, 5.74) is 0.679. The van der Waals surface area contributed by atoms with Gasteiger partial charge in [-0.15, -0.1) is 0 Å². The Kier molecular flexibility index (Phi) is 5.34. The van der Waals surface area contributed by atoms with Gasteiger partial charge >= 0.3 is 0 Å². The van der Waals surface area contributed by atoms with E-state index in [4.69, 9.17) is 0 Å². The average Bonchev–Trinajstić information content (AvgIpc) is 2.67. The second kappa shape index (κ2) is 6.78. The molecule has 0 aromatic carbocycles. The Bertz CT molecular complexity index is 198. The maximum Gasteiger partial charge on any atom is 0.00103 e. The van der Waals surface area contributed by atoms with Crippen LogP contribution in [0.15, 0.2) is 0 Å². The van der Waals surface area contributed by atoms with Crippen molar-refractivity contribution in [2.75, 3.05) is 13.1 Å². The molecule has 1 heteroatoms. The van der Waals surface area contributed by atoms with Gasteiger partial charge < -0.3 is 5.32 Å². The highest BCUT2D eigenvalue weighted by atomic mass is 14.9. The molecule has 0 radical (unpaired) electrons. The summed E-state index contributed by atoms with van der Waals surface area (Å²) in [6.45, 7) is 4.70. The molecule has 1 nitrogen and oxygen atoms in total. The van der Waals surface area contributed by atoms with Gasteiger partial charge in [-0.2, -0.15) is 0 Å². The first kappa shape index (κ1) is 13.4. The first-order valence-corrected chi connectivity index (χ1v) is 8.08. The highest BCUT2D eigenvalue weighted by molar-refractivity contribution is 4.91. The van der Waals surface area contributed by atoms with Crippen molar-refractivity contribution >= 4 is 0 Å². The summed E-state index contributed by atoms with van der Waals surface area (Å²) in [6, 6.07) is 0. The summed E-state index contributed by atoms with van der Waals surface area (Å²) in [4.78, 5) is 0. The molecule has 0 bridgehead atoms. The predicted molar refractivity (Wildman–Crippen MR) is 75.3 cm³/mol. The molecule has 0 amide bonds. The van der Waals surface area contributed by atoms with Gasteiger partial charge in [0.25, 0.3) is 0 Å². The van der Waals surface area contributed by atoms with Crippen LogP contribution in [0.2, 0.25) is 0 Å². The maximum atomic E-state index is 3.68. The lowest BCUT2D eigenvalue weighted by Gasteiger charge is -2.44.